The first-order valence-electron chi connectivity index (χ1n) is 5.75. The van der Waals surface area contributed by atoms with Crippen molar-refractivity contribution < 1.29 is 10.2 Å². The van der Waals surface area contributed by atoms with E-state index in [9.17, 15) is 10.2 Å². The van der Waals surface area contributed by atoms with Gasteiger partial charge in [-0.25, -0.2) is 0 Å². The van der Waals surface area contributed by atoms with Crippen molar-refractivity contribution in [3.05, 3.63) is 23.0 Å². The average molecular weight is 259 g/mol. The van der Waals surface area contributed by atoms with E-state index in [2.05, 4.69) is 10.3 Å². The molecule has 1 aliphatic rings. The Labute approximate surface area is 107 Å². The predicted molar refractivity (Wildman–Crippen MR) is 68.4 cm³/mol. The Morgan fingerprint density at radius 2 is 2.24 bits per heavy atom. The lowest BCUT2D eigenvalue weighted by atomic mass is 9.93. The first kappa shape index (κ1) is 14.2. The number of nitrogens with one attached hydrogen (secondary N) is 1. The van der Waals surface area contributed by atoms with E-state index in [1.165, 1.54) is 6.42 Å². The van der Waals surface area contributed by atoms with E-state index in [0.717, 1.165) is 30.5 Å². The molecule has 1 aromatic heterocycles. The maximum Gasteiger partial charge on any atom is 0.141 e. The number of rotatable bonds is 2. The molecule has 96 valence electrons. The summed E-state index contributed by atoms with van der Waals surface area (Å²) in [7, 11) is 0. The second-order valence-corrected chi connectivity index (χ2v) is 4.29. The fraction of sp³-hybridized carbons (Fsp3) is 0.583. The zero-order valence-electron chi connectivity index (χ0n) is 9.94. The van der Waals surface area contributed by atoms with Crippen molar-refractivity contribution in [2.24, 2.45) is 0 Å². The monoisotopic (exact) mass is 258 g/mol. The van der Waals surface area contributed by atoms with Gasteiger partial charge in [-0.1, -0.05) is 6.42 Å². The molecule has 17 heavy (non-hydrogen) atoms. The molecule has 1 fully saturated rings. The van der Waals surface area contributed by atoms with E-state index < -0.39 is 0 Å². The predicted octanol–water partition coefficient (Wildman–Crippen LogP) is 1.82. The number of aryl methyl sites for hydroxylation is 1. The summed E-state index contributed by atoms with van der Waals surface area (Å²) in [5.41, 5.74) is 2.18. The van der Waals surface area contributed by atoms with Gasteiger partial charge >= 0.3 is 0 Å². The van der Waals surface area contributed by atoms with Gasteiger partial charge in [0.1, 0.15) is 5.75 Å². The molecule has 0 radical (unpaired) electrons. The van der Waals surface area contributed by atoms with E-state index >= 15 is 0 Å². The van der Waals surface area contributed by atoms with Crippen molar-refractivity contribution >= 4 is 12.4 Å². The van der Waals surface area contributed by atoms with Gasteiger partial charge < -0.3 is 15.5 Å². The fourth-order valence-corrected chi connectivity index (χ4v) is 2.27. The SMILES string of the molecule is Cc1ncc(CO)c([C@@H]2CCCCN2)c1O.Cl. The second-order valence-electron chi connectivity index (χ2n) is 4.29. The molecule has 3 N–H and O–H groups in total. The molecule has 5 heteroatoms. The molecule has 0 spiro atoms. The summed E-state index contributed by atoms with van der Waals surface area (Å²) in [5, 5.41) is 22.7. The number of hydrogen-bond donors (Lipinski definition) is 3. The summed E-state index contributed by atoms with van der Waals surface area (Å²) in [4.78, 5) is 4.07. The van der Waals surface area contributed by atoms with Gasteiger partial charge in [0.05, 0.1) is 12.3 Å². The Balaban J connectivity index is 0.00000144. The molecule has 0 amide bonds. The van der Waals surface area contributed by atoms with Gasteiger partial charge in [-0.15, -0.1) is 12.4 Å². The number of hydrogen-bond acceptors (Lipinski definition) is 4. The normalized spacial score (nSPS) is 19.8. The van der Waals surface area contributed by atoms with Crippen molar-refractivity contribution in [1.29, 1.82) is 0 Å². The van der Waals surface area contributed by atoms with E-state index in [4.69, 9.17) is 0 Å². The van der Waals surface area contributed by atoms with Crippen LogP contribution in [0.1, 0.15) is 42.1 Å². The van der Waals surface area contributed by atoms with Crippen LogP contribution in [0.2, 0.25) is 0 Å². The van der Waals surface area contributed by atoms with Gasteiger partial charge in [0, 0.05) is 23.4 Å². The van der Waals surface area contributed by atoms with Crippen LogP contribution in [0.3, 0.4) is 0 Å². The van der Waals surface area contributed by atoms with Gasteiger partial charge in [0.2, 0.25) is 0 Å². The topological polar surface area (TPSA) is 65.4 Å². The van der Waals surface area contributed by atoms with Gasteiger partial charge in [0.25, 0.3) is 0 Å². The molecule has 0 aromatic carbocycles. The first-order valence-corrected chi connectivity index (χ1v) is 5.75. The molecular formula is C12H19ClN2O2. The number of aromatic nitrogens is 1. The van der Waals surface area contributed by atoms with Crippen LogP contribution < -0.4 is 5.32 Å². The summed E-state index contributed by atoms with van der Waals surface area (Å²) < 4.78 is 0. The van der Waals surface area contributed by atoms with E-state index in [1.54, 1.807) is 13.1 Å². The average Bonchev–Trinajstić information content (AvgIpc) is 2.33. The molecule has 0 bridgehead atoms. The second kappa shape index (κ2) is 6.19. The van der Waals surface area contributed by atoms with Crippen LogP contribution in [-0.4, -0.2) is 21.7 Å². The van der Waals surface area contributed by atoms with Crippen LogP contribution in [0.25, 0.3) is 0 Å². The zero-order chi connectivity index (χ0) is 11.5. The fourth-order valence-electron chi connectivity index (χ4n) is 2.27. The molecule has 2 heterocycles. The minimum Gasteiger partial charge on any atom is -0.506 e. The summed E-state index contributed by atoms with van der Waals surface area (Å²) in [6, 6.07) is 0.151. The van der Waals surface area contributed by atoms with Gasteiger partial charge in [-0.05, 0) is 26.3 Å². The van der Waals surface area contributed by atoms with Crippen molar-refractivity contribution in [3.8, 4) is 5.75 Å². The third-order valence-corrected chi connectivity index (χ3v) is 3.19. The summed E-state index contributed by atoms with van der Waals surface area (Å²) >= 11 is 0. The van der Waals surface area contributed by atoms with Gasteiger partial charge in [-0.3, -0.25) is 4.98 Å². The number of piperidine rings is 1. The standard InChI is InChI=1S/C12H18N2O2.ClH/c1-8-12(16)11(9(7-15)6-14-8)10-4-2-3-5-13-10;/h6,10,13,15-16H,2-5,7H2,1H3;1H/t10-;/m0./s1. The van der Waals surface area contributed by atoms with Crippen LogP contribution in [-0.2, 0) is 6.61 Å². The first-order chi connectivity index (χ1) is 7.74. The molecular weight excluding hydrogens is 240 g/mol. The number of aliphatic hydroxyl groups is 1. The molecule has 1 atom stereocenters. The molecule has 1 aliphatic heterocycles. The third-order valence-electron chi connectivity index (χ3n) is 3.19. The van der Waals surface area contributed by atoms with Crippen LogP contribution >= 0.6 is 12.4 Å². The highest BCUT2D eigenvalue weighted by atomic mass is 35.5. The quantitative estimate of drug-likeness (QED) is 0.757. The van der Waals surface area contributed by atoms with Crippen molar-refractivity contribution in [2.75, 3.05) is 6.54 Å². The Morgan fingerprint density at radius 3 is 2.82 bits per heavy atom. The maximum absolute atomic E-state index is 10.0. The highest BCUT2D eigenvalue weighted by Gasteiger charge is 2.22. The molecule has 0 saturated carbocycles. The van der Waals surface area contributed by atoms with Gasteiger partial charge in [-0.2, -0.15) is 0 Å². The number of halogens is 1. The molecule has 1 aromatic rings. The van der Waals surface area contributed by atoms with E-state index in [0.29, 0.717) is 5.69 Å². The van der Waals surface area contributed by atoms with Crippen LogP contribution in [0.4, 0.5) is 0 Å². The minimum absolute atomic E-state index is 0. The molecule has 4 nitrogen and oxygen atoms in total. The summed E-state index contributed by atoms with van der Waals surface area (Å²) in [6.45, 7) is 2.67. The maximum atomic E-state index is 10.0. The van der Waals surface area contributed by atoms with Gasteiger partial charge in [0.15, 0.2) is 0 Å². The van der Waals surface area contributed by atoms with E-state index in [-0.39, 0.29) is 30.8 Å². The smallest absolute Gasteiger partial charge is 0.141 e. The Hall–Kier alpha value is -0.840. The summed E-state index contributed by atoms with van der Waals surface area (Å²) in [6.07, 6.45) is 4.99. The lowest BCUT2D eigenvalue weighted by Gasteiger charge is -2.26. The molecule has 0 aliphatic carbocycles. The third kappa shape index (κ3) is 2.89. The van der Waals surface area contributed by atoms with Crippen molar-refractivity contribution in [3.63, 3.8) is 0 Å². The Morgan fingerprint density at radius 1 is 1.47 bits per heavy atom. The summed E-state index contributed by atoms with van der Waals surface area (Å²) in [5.74, 6) is 0.228. The molecule has 1 saturated heterocycles. The van der Waals surface area contributed by atoms with Crippen LogP contribution in [0, 0.1) is 6.92 Å². The van der Waals surface area contributed by atoms with Crippen LogP contribution in [0.15, 0.2) is 6.20 Å². The lowest BCUT2D eigenvalue weighted by Crippen LogP contribution is -2.28. The Bertz CT molecular complexity index is 379. The molecule has 2 rings (SSSR count). The highest BCUT2D eigenvalue weighted by Crippen LogP contribution is 2.33. The minimum atomic E-state index is -0.0750. The number of pyridine rings is 1. The van der Waals surface area contributed by atoms with Crippen molar-refractivity contribution in [2.45, 2.75) is 38.8 Å². The van der Waals surface area contributed by atoms with Crippen molar-refractivity contribution in [1.82, 2.24) is 10.3 Å². The largest absolute Gasteiger partial charge is 0.506 e. The Kier molecular flexibility index (Phi) is 5.18. The lowest BCUT2D eigenvalue weighted by molar-refractivity contribution is 0.275. The van der Waals surface area contributed by atoms with E-state index in [1.807, 2.05) is 0 Å². The number of aromatic hydroxyl groups is 1. The number of nitrogens with zero attached hydrogens (tertiary/aromatic N) is 1. The zero-order valence-corrected chi connectivity index (χ0v) is 10.8. The highest BCUT2D eigenvalue weighted by molar-refractivity contribution is 5.85. The number of aliphatic hydroxyl groups excluding tert-OH is 1. The van der Waals surface area contributed by atoms with Crippen LogP contribution in [0.5, 0.6) is 5.75 Å². The molecule has 0 unspecified atom stereocenters.